The molecule has 0 amide bonds. The lowest BCUT2D eigenvalue weighted by atomic mass is 10.1. The van der Waals surface area contributed by atoms with Crippen LogP contribution >= 0.6 is 0 Å². The highest BCUT2D eigenvalue weighted by atomic mass is 15.2. The number of hydrogen-bond acceptors (Lipinski definition) is 2. The zero-order valence-corrected chi connectivity index (χ0v) is 11.6. The fourth-order valence-corrected chi connectivity index (χ4v) is 2.23. The van der Waals surface area contributed by atoms with E-state index >= 15 is 0 Å². The molecule has 0 bridgehead atoms. The molecule has 3 heteroatoms. The molecular formula is C15H21N3. The van der Waals surface area contributed by atoms with Gasteiger partial charge in [-0.2, -0.15) is 0 Å². The van der Waals surface area contributed by atoms with Crippen molar-refractivity contribution in [3.05, 3.63) is 41.2 Å². The molecule has 0 aliphatic rings. The molecule has 96 valence electrons. The molecule has 18 heavy (non-hydrogen) atoms. The van der Waals surface area contributed by atoms with E-state index in [9.17, 15) is 0 Å². The Morgan fingerprint density at radius 3 is 2.39 bits per heavy atom. The molecule has 0 atom stereocenters. The molecule has 0 fully saturated rings. The van der Waals surface area contributed by atoms with Crippen LogP contribution in [0.5, 0.6) is 0 Å². The molecule has 1 aromatic heterocycles. The van der Waals surface area contributed by atoms with Gasteiger partial charge in [-0.1, -0.05) is 13.0 Å². The second-order valence-electron chi connectivity index (χ2n) is 4.90. The van der Waals surface area contributed by atoms with Gasteiger partial charge < -0.3 is 9.88 Å². The zero-order valence-electron chi connectivity index (χ0n) is 11.6. The third-order valence-corrected chi connectivity index (χ3v) is 2.84. The molecule has 0 aliphatic heterocycles. The van der Waals surface area contributed by atoms with Crippen molar-refractivity contribution in [1.82, 2.24) is 9.55 Å². The normalized spacial score (nSPS) is 10.7. The first-order valence-electron chi connectivity index (χ1n) is 6.47. The molecule has 1 heterocycles. The second kappa shape index (κ2) is 5.25. The summed E-state index contributed by atoms with van der Waals surface area (Å²) in [6.45, 7) is 9.42. The molecule has 0 spiro atoms. The Labute approximate surface area is 109 Å². The Bertz CT molecular complexity index is 520. The number of aryl methyl sites for hydroxylation is 4. The lowest BCUT2D eigenvalue weighted by molar-refractivity contribution is 0.686. The van der Waals surface area contributed by atoms with Gasteiger partial charge in [-0.25, -0.2) is 4.98 Å². The number of imidazole rings is 1. The maximum atomic E-state index is 4.54. The van der Waals surface area contributed by atoms with E-state index in [-0.39, 0.29) is 0 Å². The predicted molar refractivity (Wildman–Crippen MR) is 76.5 cm³/mol. The Morgan fingerprint density at radius 1 is 1.11 bits per heavy atom. The highest BCUT2D eigenvalue weighted by Crippen LogP contribution is 2.19. The van der Waals surface area contributed by atoms with E-state index in [1.807, 2.05) is 6.92 Å². The van der Waals surface area contributed by atoms with Crippen molar-refractivity contribution in [2.24, 2.45) is 0 Å². The van der Waals surface area contributed by atoms with Gasteiger partial charge in [0, 0.05) is 18.4 Å². The molecule has 3 nitrogen and oxygen atoms in total. The fourth-order valence-electron chi connectivity index (χ4n) is 2.23. The number of anilines is 2. The van der Waals surface area contributed by atoms with Crippen molar-refractivity contribution in [3.63, 3.8) is 0 Å². The minimum atomic E-state index is 0.930. The molecule has 1 aromatic carbocycles. The minimum absolute atomic E-state index is 0.930. The average Bonchev–Trinajstić information content (AvgIpc) is 2.58. The lowest BCUT2D eigenvalue weighted by Gasteiger charge is -2.10. The van der Waals surface area contributed by atoms with Crippen molar-refractivity contribution in [1.29, 1.82) is 0 Å². The van der Waals surface area contributed by atoms with Crippen LogP contribution in [-0.4, -0.2) is 9.55 Å². The van der Waals surface area contributed by atoms with E-state index in [2.05, 4.69) is 60.0 Å². The van der Waals surface area contributed by atoms with E-state index in [0.717, 1.165) is 30.3 Å². The molecule has 2 aromatic rings. The quantitative estimate of drug-likeness (QED) is 0.880. The maximum Gasteiger partial charge on any atom is 0.207 e. The van der Waals surface area contributed by atoms with Gasteiger partial charge in [-0.3, -0.25) is 0 Å². The molecular weight excluding hydrogens is 222 g/mol. The van der Waals surface area contributed by atoms with Crippen molar-refractivity contribution < 1.29 is 0 Å². The molecule has 0 saturated heterocycles. The van der Waals surface area contributed by atoms with Crippen LogP contribution in [0.4, 0.5) is 11.6 Å². The van der Waals surface area contributed by atoms with Crippen molar-refractivity contribution in [2.45, 2.75) is 40.7 Å². The van der Waals surface area contributed by atoms with Gasteiger partial charge in [0.25, 0.3) is 0 Å². The number of nitrogens with one attached hydrogen (secondary N) is 1. The Hall–Kier alpha value is -1.77. The van der Waals surface area contributed by atoms with Crippen LogP contribution in [0.1, 0.15) is 30.2 Å². The predicted octanol–water partition coefficient (Wildman–Crippen LogP) is 3.96. The largest absolute Gasteiger partial charge is 0.326 e. The highest BCUT2D eigenvalue weighted by Gasteiger charge is 2.05. The van der Waals surface area contributed by atoms with Gasteiger partial charge >= 0.3 is 0 Å². The van der Waals surface area contributed by atoms with Crippen LogP contribution in [-0.2, 0) is 6.54 Å². The number of aromatic nitrogens is 2. The number of nitrogens with zero attached hydrogens (tertiary/aromatic N) is 2. The third kappa shape index (κ3) is 2.92. The first-order chi connectivity index (χ1) is 8.58. The van der Waals surface area contributed by atoms with Crippen molar-refractivity contribution in [2.75, 3.05) is 5.32 Å². The Balaban J connectivity index is 2.27. The summed E-state index contributed by atoms with van der Waals surface area (Å²) in [5.41, 5.74) is 4.69. The van der Waals surface area contributed by atoms with Gasteiger partial charge in [0.15, 0.2) is 0 Å². The van der Waals surface area contributed by atoms with Gasteiger partial charge in [0.05, 0.1) is 5.69 Å². The third-order valence-electron chi connectivity index (χ3n) is 2.84. The monoisotopic (exact) mass is 243 g/mol. The molecule has 0 aliphatic carbocycles. The zero-order chi connectivity index (χ0) is 13.1. The summed E-state index contributed by atoms with van der Waals surface area (Å²) in [4.78, 5) is 4.54. The summed E-state index contributed by atoms with van der Waals surface area (Å²) < 4.78 is 2.17. The van der Waals surface area contributed by atoms with E-state index < -0.39 is 0 Å². The van der Waals surface area contributed by atoms with Crippen molar-refractivity contribution in [3.8, 4) is 0 Å². The number of rotatable bonds is 4. The van der Waals surface area contributed by atoms with Gasteiger partial charge in [0.1, 0.15) is 0 Å². The molecule has 0 saturated carbocycles. The van der Waals surface area contributed by atoms with E-state index in [0.29, 0.717) is 0 Å². The maximum absolute atomic E-state index is 4.54. The average molecular weight is 243 g/mol. The molecule has 0 unspecified atom stereocenters. The number of benzene rings is 1. The molecule has 2 rings (SSSR count). The summed E-state index contributed by atoms with van der Waals surface area (Å²) in [5.74, 6) is 0.930. The Morgan fingerprint density at radius 2 is 1.78 bits per heavy atom. The summed E-state index contributed by atoms with van der Waals surface area (Å²) in [6.07, 6.45) is 3.20. The molecule has 0 radical (unpaired) electrons. The SMILES string of the molecule is CCCn1cc(C)nc1Nc1cc(C)cc(C)c1. The minimum Gasteiger partial charge on any atom is -0.326 e. The summed E-state index contributed by atoms with van der Waals surface area (Å²) in [5, 5.41) is 3.41. The lowest BCUT2D eigenvalue weighted by Crippen LogP contribution is -2.03. The van der Waals surface area contributed by atoms with Crippen molar-refractivity contribution >= 4 is 11.6 Å². The summed E-state index contributed by atoms with van der Waals surface area (Å²) >= 11 is 0. The van der Waals surface area contributed by atoms with Gasteiger partial charge in [-0.15, -0.1) is 0 Å². The van der Waals surface area contributed by atoms with Crippen LogP contribution in [0.3, 0.4) is 0 Å². The second-order valence-corrected chi connectivity index (χ2v) is 4.90. The first-order valence-corrected chi connectivity index (χ1v) is 6.47. The van der Waals surface area contributed by atoms with Crippen LogP contribution in [0.15, 0.2) is 24.4 Å². The van der Waals surface area contributed by atoms with E-state index in [1.54, 1.807) is 0 Å². The topological polar surface area (TPSA) is 29.9 Å². The van der Waals surface area contributed by atoms with Crippen LogP contribution in [0, 0.1) is 20.8 Å². The van der Waals surface area contributed by atoms with Gasteiger partial charge in [0.2, 0.25) is 5.95 Å². The van der Waals surface area contributed by atoms with Gasteiger partial charge in [-0.05, 0) is 50.5 Å². The van der Waals surface area contributed by atoms with E-state index in [4.69, 9.17) is 0 Å². The molecule has 1 N–H and O–H groups in total. The Kier molecular flexibility index (Phi) is 3.70. The standard InChI is InChI=1S/C15H21N3/c1-5-6-18-10-13(4)16-15(18)17-14-8-11(2)7-12(3)9-14/h7-10H,5-6H2,1-4H3,(H,16,17). The fraction of sp³-hybridized carbons (Fsp3) is 0.400. The highest BCUT2D eigenvalue weighted by molar-refractivity contribution is 5.56. The first kappa shape index (κ1) is 12.7. The van der Waals surface area contributed by atoms with Crippen LogP contribution < -0.4 is 5.32 Å². The smallest absolute Gasteiger partial charge is 0.207 e. The summed E-state index contributed by atoms with van der Waals surface area (Å²) in [6, 6.07) is 6.47. The van der Waals surface area contributed by atoms with E-state index in [1.165, 1.54) is 11.1 Å². The summed E-state index contributed by atoms with van der Waals surface area (Å²) in [7, 11) is 0. The van der Waals surface area contributed by atoms with Crippen LogP contribution in [0.2, 0.25) is 0 Å². The number of hydrogen-bond donors (Lipinski definition) is 1. The van der Waals surface area contributed by atoms with Crippen LogP contribution in [0.25, 0.3) is 0 Å².